The van der Waals surface area contributed by atoms with Gasteiger partial charge >= 0.3 is 5.97 Å². The lowest BCUT2D eigenvalue weighted by atomic mass is 10.0. The van der Waals surface area contributed by atoms with Gasteiger partial charge in [0.1, 0.15) is 5.56 Å². The zero-order valence-electron chi connectivity index (χ0n) is 12.0. The molecular formula is C15H23NO3. The van der Waals surface area contributed by atoms with Crippen LogP contribution in [0.2, 0.25) is 0 Å². The Balaban J connectivity index is 3.29. The molecule has 0 aliphatic carbocycles. The van der Waals surface area contributed by atoms with Crippen molar-refractivity contribution in [2.45, 2.75) is 59.4 Å². The van der Waals surface area contributed by atoms with E-state index in [1.807, 2.05) is 6.92 Å². The van der Waals surface area contributed by atoms with Crippen LogP contribution in [-0.4, -0.2) is 15.6 Å². The van der Waals surface area contributed by atoms with E-state index in [9.17, 15) is 9.59 Å². The summed E-state index contributed by atoms with van der Waals surface area (Å²) >= 11 is 0. The van der Waals surface area contributed by atoms with Gasteiger partial charge in [0.15, 0.2) is 0 Å². The number of hydrogen-bond donors (Lipinski definition) is 1. The van der Waals surface area contributed by atoms with Crippen molar-refractivity contribution in [1.82, 2.24) is 4.57 Å². The summed E-state index contributed by atoms with van der Waals surface area (Å²) in [4.78, 5) is 23.3. The molecule has 0 aliphatic rings. The molecule has 1 aromatic rings. The number of carbonyl (C=O) groups is 1. The molecule has 0 radical (unpaired) electrons. The summed E-state index contributed by atoms with van der Waals surface area (Å²) in [6.45, 7) is 6.66. The molecule has 1 N–H and O–H groups in total. The first kappa shape index (κ1) is 15.5. The zero-order valence-corrected chi connectivity index (χ0v) is 12.0. The Morgan fingerprint density at radius 1 is 1.26 bits per heavy atom. The van der Waals surface area contributed by atoms with Crippen molar-refractivity contribution in [1.29, 1.82) is 0 Å². The second-order valence-corrected chi connectivity index (χ2v) is 4.89. The fraction of sp³-hybridized carbons (Fsp3) is 0.600. The van der Waals surface area contributed by atoms with Crippen LogP contribution in [0.1, 0.15) is 61.1 Å². The Labute approximate surface area is 114 Å². The van der Waals surface area contributed by atoms with Gasteiger partial charge in [-0.05, 0) is 37.8 Å². The average Bonchev–Trinajstić information content (AvgIpc) is 2.37. The molecule has 0 fully saturated rings. The highest BCUT2D eigenvalue weighted by atomic mass is 16.4. The zero-order chi connectivity index (χ0) is 14.4. The van der Waals surface area contributed by atoms with Gasteiger partial charge in [0.05, 0.1) is 0 Å². The Kier molecular flexibility index (Phi) is 5.80. The Bertz CT molecular complexity index is 503. The number of nitrogens with zero attached hydrogens (tertiary/aromatic N) is 1. The van der Waals surface area contributed by atoms with E-state index in [4.69, 9.17) is 5.11 Å². The van der Waals surface area contributed by atoms with Crippen molar-refractivity contribution in [2.75, 3.05) is 0 Å². The Morgan fingerprint density at radius 2 is 1.89 bits per heavy atom. The summed E-state index contributed by atoms with van der Waals surface area (Å²) in [7, 11) is 0. The summed E-state index contributed by atoms with van der Waals surface area (Å²) < 4.78 is 1.62. The van der Waals surface area contributed by atoms with Crippen LogP contribution in [0.15, 0.2) is 10.9 Å². The van der Waals surface area contributed by atoms with Gasteiger partial charge in [-0.3, -0.25) is 4.79 Å². The standard InChI is InChI=1S/C15H23NO3/c1-4-6-8-12-10-13(15(18)19)14(17)16(11(12)3)9-7-5-2/h10H,4-9H2,1-3H3,(H,18,19). The maximum Gasteiger partial charge on any atom is 0.341 e. The molecule has 19 heavy (non-hydrogen) atoms. The molecule has 4 heteroatoms. The molecule has 1 aromatic heterocycles. The second-order valence-electron chi connectivity index (χ2n) is 4.89. The molecule has 0 aromatic carbocycles. The maximum atomic E-state index is 12.1. The van der Waals surface area contributed by atoms with Crippen LogP contribution in [-0.2, 0) is 13.0 Å². The molecule has 0 bridgehead atoms. The second kappa shape index (κ2) is 7.12. The SMILES string of the molecule is CCCCc1cc(C(=O)O)c(=O)n(CCCC)c1C. The van der Waals surface area contributed by atoms with E-state index in [1.165, 1.54) is 0 Å². The predicted octanol–water partition coefficient (Wildman–Crippen LogP) is 3.00. The fourth-order valence-electron chi connectivity index (χ4n) is 2.17. The van der Waals surface area contributed by atoms with E-state index in [-0.39, 0.29) is 11.1 Å². The summed E-state index contributed by atoms with van der Waals surface area (Å²) in [5.74, 6) is -1.13. The number of aromatic carboxylic acids is 1. The fourth-order valence-corrected chi connectivity index (χ4v) is 2.17. The van der Waals surface area contributed by atoms with Crippen LogP contribution in [0.25, 0.3) is 0 Å². The molecule has 0 amide bonds. The summed E-state index contributed by atoms with van der Waals surface area (Å²) in [6, 6.07) is 1.55. The van der Waals surface area contributed by atoms with Crippen molar-refractivity contribution in [2.24, 2.45) is 0 Å². The molecule has 0 atom stereocenters. The van der Waals surface area contributed by atoms with Gasteiger partial charge in [-0.1, -0.05) is 26.7 Å². The van der Waals surface area contributed by atoms with Gasteiger partial charge < -0.3 is 9.67 Å². The molecule has 1 heterocycles. The lowest BCUT2D eigenvalue weighted by Crippen LogP contribution is -2.29. The predicted molar refractivity (Wildman–Crippen MR) is 75.9 cm³/mol. The molecule has 0 saturated heterocycles. The molecule has 0 unspecified atom stereocenters. The topological polar surface area (TPSA) is 59.3 Å². The van der Waals surface area contributed by atoms with Crippen molar-refractivity contribution in [3.63, 3.8) is 0 Å². The third-order valence-corrected chi connectivity index (χ3v) is 3.43. The highest BCUT2D eigenvalue weighted by Gasteiger charge is 2.16. The van der Waals surface area contributed by atoms with Gasteiger partial charge in [-0.15, -0.1) is 0 Å². The average molecular weight is 265 g/mol. The molecular weight excluding hydrogens is 242 g/mol. The third-order valence-electron chi connectivity index (χ3n) is 3.43. The highest BCUT2D eigenvalue weighted by molar-refractivity contribution is 5.87. The van der Waals surface area contributed by atoms with Gasteiger partial charge in [-0.25, -0.2) is 4.79 Å². The number of aromatic nitrogens is 1. The monoisotopic (exact) mass is 265 g/mol. The minimum absolute atomic E-state index is 0.104. The number of carboxylic acid groups (broad SMARTS) is 1. The Morgan fingerprint density at radius 3 is 2.42 bits per heavy atom. The molecule has 0 aliphatic heterocycles. The van der Waals surface area contributed by atoms with Crippen LogP contribution >= 0.6 is 0 Å². The number of carboxylic acids is 1. The van der Waals surface area contributed by atoms with Crippen LogP contribution in [0.4, 0.5) is 0 Å². The van der Waals surface area contributed by atoms with Crippen LogP contribution in [0.5, 0.6) is 0 Å². The van der Waals surface area contributed by atoms with Crippen molar-refractivity contribution >= 4 is 5.97 Å². The van der Waals surface area contributed by atoms with Crippen molar-refractivity contribution < 1.29 is 9.90 Å². The number of rotatable bonds is 7. The van der Waals surface area contributed by atoms with Gasteiger partial charge in [0, 0.05) is 12.2 Å². The van der Waals surface area contributed by atoms with Gasteiger partial charge in [0.2, 0.25) is 0 Å². The van der Waals surface area contributed by atoms with E-state index in [1.54, 1.807) is 10.6 Å². The smallest absolute Gasteiger partial charge is 0.341 e. The number of unbranched alkanes of at least 4 members (excludes halogenated alkanes) is 2. The van der Waals surface area contributed by atoms with E-state index in [0.29, 0.717) is 6.54 Å². The summed E-state index contributed by atoms with van der Waals surface area (Å²) in [5.41, 5.74) is 1.42. The molecule has 0 spiro atoms. The molecule has 1 rings (SSSR count). The van der Waals surface area contributed by atoms with E-state index < -0.39 is 5.97 Å². The minimum Gasteiger partial charge on any atom is -0.477 e. The molecule has 106 valence electrons. The lowest BCUT2D eigenvalue weighted by molar-refractivity contribution is 0.0694. The van der Waals surface area contributed by atoms with Crippen LogP contribution in [0.3, 0.4) is 0 Å². The first-order valence-electron chi connectivity index (χ1n) is 6.99. The lowest BCUT2D eigenvalue weighted by Gasteiger charge is -2.15. The first-order chi connectivity index (χ1) is 9.02. The summed E-state index contributed by atoms with van der Waals surface area (Å²) in [5, 5.41) is 9.14. The van der Waals surface area contributed by atoms with E-state index in [0.717, 1.165) is 43.4 Å². The van der Waals surface area contributed by atoms with Crippen LogP contribution < -0.4 is 5.56 Å². The minimum atomic E-state index is -1.13. The number of pyridine rings is 1. The van der Waals surface area contributed by atoms with Crippen molar-refractivity contribution in [3.05, 3.63) is 33.2 Å². The Hall–Kier alpha value is -1.58. The maximum absolute atomic E-state index is 12.1. The first-order valence-corrected chi connectivity index (χ1v) is 6.99. The number of aryl methyl sites for hydroxylation is 1. The normalized spacial score (nSPS) is 10.7. The highest BCUT2D eigenvalue weighted by Crippen LogP contribution is 2.13. The van der Waals surface area contributed by atoms with E-state index in [2.05, 4.69) is 13.8 Å². The van der Waals surface area contributed by atoms with Gasteiger partial charge in [-0.2, -0.15) is 0 Å². The molecule has 0 saturated carbocycles. The summed E-state index contributed by atoms with van der Waals surface area (Å²) in [6.07, 6.45) is 4.75. The van der Waals surface area contributed by atoms with E-state index >= 15 is 0 Å². The largest absolute Gasteiger partial charge is 0.477 e. The third kappa shape index (κ3) is 3.69. The van der Waals surface area contributed by atoms with Gasteiger partial charge in [0.25, 0.3) is 5.56 Å². The van der Waals surface area contributed by atoms with Crippen molar-refractivity contribution in [3.8, 4) is 0 Å². The molecule has 4 nitrogen and oxygen atoms in total. The number of hydrogen-bond acceptors (Lipinski definition) is 2. The quantitative estimate of drug-likeness (QED) is 0.824. The van der Waals surface area contributed by atoms with Crippen LogP contribution in [0, 0.1) is 6.92 Å².